The Bertz CT molecular complexity index is 586. The highest BCUT2D eigenvalue weighted by atomic mass is 16.6. The topological polar surface area (TPSA) is 96.9 Å². The first-order valence-corrected chi connectivity index (χ1v) is 7.80. The number of nitrogens with zero attached hydrogens (tertiary/aromatic N) is 3. The molecule has 0 saturated carbocycles. The van der Waals surface area contributed by atoms with Crippen molar-refractivity contribution in [3.05, 3.63) is 28.0 Å². The van der Waals surface area contributed by atoms with Crippen molar-refractivity contribution in [1.29, 1.82) is 0 Å². The molecule has 0 bridgehead atoms. The van der Waals surface area contributed by atoms with Crippen LogP contribution in [0.25, 0.3) is 0 Å². The van der Waals surface area contributed by atoms with E-state index in [2.05, 4.69) is 0 Å². The summed E-state index contributed by atoms with van der Waals surface area (Å²) in [5.41, 5.74) is 0. The molecule has 8 nitrogen and oxygen atoms in total. The maximum atomic E-state index is 12.4. The van der Waals surface area contributed by atoms with E-state index in [1.807, 2.05) is 18.7 Å². The number of likely N-dealkylation sites (tertiary alicyclic amines) is 1. The summed E-state index contributed by atoms with van der Waals surface area (Å²) in [5, 5.41) is 10.6. The van der Waals surface area contributed by atoms with Gasteiger partial charge in [0, 0.05) is 26.2 Å². The van der Waals surface area contributed by atoms with E-state index in [0.717, 1.165) is 32.0 Å². The molecule has 2 rings (SSSR count). The van der Waals surface area contributed by atoms with Crippen molar-refractivity contribution >= 4 is 17.7 Å². The van der Waals surface area contributed by atoms with Crippen molar-refractivity contribution in [2.75, 3.05) is 26.2 Å². The number of amides is 2. The SMILES string of the molecule is CCCN(CCC)C(=O)C1CN(C(=O)c2ccc([N+](=O)[O-])o2)C1. The Balaban J connectivity index is 1.91. The molecule has 0 aromatic carbocycles. The van der Waals surface area contributed by atoms with Crippen molar-refractivity contribution in [3.8, 4) is 0 Å². The van der Waals surface area contributed by atoms with Crippen LogP contribution in [0.4, 0.5) is 5.88 Å². The van der Waals surface area contributed by atoms with Crippen LogP contribution in [0.15, 0.2) is 16.5 Å². The van der Waals surface area contributed by atoms with Crippen LogP contribution in [-0.4, -0.2) is 52.7 Å². The van der Waals surface area contributed by atoms with E-state index in [0.29, 0.717) is 13.1 Å². The van der Waals surface area contributed by atoms with Crippen LogP contribution in [0, 0.1) is 16.0 Å². The molecule has 2 amide bonds. The molecular formula is C15H21N3O5. The van der Waals surface area contributed by atoms with E-state index < -0.39 is 16.7 Å². The van der Waals surface area contributed by atoms with Gasteiger partial charge in [0.15, 0.2) is 5.76 Å². The summed E-state index contributed by atoms with van der Waals surface area (Å²) in [6.07, 6.45) is 1.80. The molecule has 0 radical (unpaired) electrons. The van der Waals surface area contributed by atoms with Crippen LogP contribution in [0.2, 0.25) is 0 Å². The number of furan rings is 1. The van der Waals surface area contributed by atoms with Crippen molar-refractivity contribution in [2.45, 2.75) is 26.7 Å². The summed E-state index contributed by atoms with van der Waals surface area (Å²) in [7, 11) is 0. The van der Waals surface area contributed by atoms with Crippen molar-refractivity contribution in [2.24, 2.45) is 5.92 Å². The largest absolute Gasteiger partial charge is 0.433 e. The third-order valence-corrected chi connectivity index (χ3v) is 3.80. The second-order valence-corrected chi connectivity index (χ2v) is 5.63. The van der Waals surface area contributed by atoms with Crippen molar-refractivity contribution in [3.63, 3.8) is 0 Å². The first-order valence-electron chi connectivity index (χ1n) is 7.80. The minimum Gasteiger partial charge on any atom is -0.395 e. The molecule has 0 unspecified atom stereocenters. The van der Waals surface area contributed by atoms with Gasteiger partial charge in [0.2, 0.25) is 5.91 Å². The fourth-order valence-electron chi connectivity index (χ4n) is 2.63. The second kappa shape index (κ2) is 7.26. The lowest BCUT2D eigenvalue weighted by molar-refractivity contribution is -0.402. The molecule has 126 valence electrons. The third kappa shape index (κ3) is 3.69. The molecule has 1 fully saturated rings. The summed E-state index contributed by atoms with van der Waals surface area (Å²) >= 11 is 0. The lowest BCUT2D eigenvalue weighted by atomic mass is 9.97. The number of nitro groups is 1. The predicted octanol–water partition coefficient (Wildman–Crippen LogP) is 1.91. The van der Waals surface area contributed by atoms with E-state index in [-0.39, 0.29) is 17.6 Å². The van der Waals surface area contributed by atoms with Gasteiger partial charge in [0.1, 0.15) is 4.92 Å². The van der Waals surface area contributed by atoms with Crippen molar-refractivity contribution < 1.29 is 18.9 Å². The van der Waals surface area contributed by atoms with E-state index in [9.17, 15) is 19.7 Å². The molecule has 1 aliphatic rings. The molecule has 1 saturated heterocycles. The maximum absolute atomic E-state index is 12.4. The number of carbonyl (C=O) groups excluding carboxylic acids is 2. The summed E-state index contributed by atoms with van der Waals surface area (Å²) in [5.74, 6) is -1.06. The lowest BCUT2D eigenvalue weighted by Gasteiger charge is -2.40. The first kappa shape index (κ1) is 17.0. The highest BCUT2D eigenvalue weighted by Crippen LogP contribution is 2.23. The lowest BCUT2D eigenvalue weighted by Crippen LogP contribution is -2.56. The normalized spacial score (nSPS) is 14.4. The Morgan fingerprint density at radius 1 is 1.30 bits per heavy atom. The van der Waals surface area contributed by atoms with Gasteiger partial charge in [-0.05, 0) is 18.9 Å². The molecule has 0 spiro atoms. The summed E-state index contributed by atoms with van der Waals surface area (Å²) in [6, 6.07) is 2.44. The highest BCUT2D eigenvalue weighted by molar-refractivity contribution is 5.94. The van der Waals surface area contributed by atoms with Crippen LogP contribution in [0.1, 0.15) is 37.2 Å². The molecule has 0 N–H and O–H groups in total. The minimum absolute atomic E-state index is 0.0680. The summed E-state index contributed by atoms with van der Waals surface area (Å²) < 4.78 is 4.90. The van der Waals surface area contributed by atoms with E-state index in [1.54, 1.807) is 0 Å². The van der Waals surface area contributed by atoms with Gasteiger partial charge in [0.05, 0.1) is 12.0 Å². The van der Waals surface area contributed by atoms with E-state index >= 15 is 0 Å². The molecule has 0 aliphatic carbocycles. The van der Waals surface area contributed by atoms with Crippen LogP contribution in [0.3, 0.4) is 0 Å². The monoisotopic (exact) mass is 323 g/mol. The zero-order valence-corrected chi connectivity index (χ0v) is 13.4. The van der Waals surface area contributed by atoms with E-state index in [1.165, 1.54) is 11.0 Å². The molecule has 8 heteroatoms. The number of hydrogen-bond acceptors (Lipinski definition) is 5. The Labute approximate surface area is 134 Å². The standard InChI is InChI=1S/C15H21N3O5/c1-3-7-16(8-4-2)14(19)11-9-17(10-11)15(20)12-5-6-13(23-12)18(21)22/h5-6,11H,3-4,7-10H2,1-2H3. The average Bonchev–Trinajstić information content (AvgIpc) is 2.95. The van der Waals surface area contributed by atoms with Gasteiger partial charge in [-0.2, -0.15) is 0 Å². The Kier molecular flexibility index (Phi) is 5.36. The van der Waals surface area contributed by atoms with Gasteiger partial charge in [-0.15, -0.1) is 0 Å². The zero-order chi connectivity index (χ0) is 17.0. The van der Waals surface area contributed by atoms with Crippen molar-refractivity contribution in [1.82, 2.24) is 9.80 Å². The summed E-state index contributed by atoms with van der Waals surface area (Å²) in [6.45, 7) is 6.15. The third-order valence-electron chi connectivity index (χ3n) is 3.80. The smallest absolute Gasteiger partial charge is 0.395 e. The molecular weight excluding hydrogens is 302 g/mol. The average molecular weight is 323 g/mol. The first-order chi connectivity index (χ1) is 11.0. The Morgan fingerprint density at radius 3 is 2.39 bits per heavy atom. The van der Waals surface area contributed by atoms with Gasteiger partial charge in [0.25, 0.3) is 5.91 Å². The van der Waals surface area contributed by atoms with Gasteiger partial charge in [-0.25, -0.2) is 0 Å². The maximum Gasteiger partial charge on any atom is 0.433 e. The molecule has 23 heavy (non-hydrogen) atoms. The van der Waals surface area contributed by atoms with Crippen LogP contribution in [0.5, 0.6) is 0 Å². The number of rotatable bonds is 7. The fourth-order valence-corrected chi connectivity index (χ4v) is 2.63. The number of carbonyl (C=O) groups is 2. The molecule has 1 aliphatic heterocycles. The predicted molar refractivity (Wildman–Crippen MR) is 81.9 cm³/mol. The molecule has 1 aromatic rings. The van der Waals surface area contributed by atoms with E-state index in [4.69, 9.17) is 4.42 Å². The van der Waals surface area contributed by atoms with Gasteiger partial charge < -0.3 is 14.2 Å². The Morgan fingerprint density at radius 2 is 1.91 bits per heavy atom. The van der Waals surface area contributed by atoms with Crippen LogP contribution < -0.4 is 0 Å². The quantitative estimate of drug-likeness (QED) is 0.564. The number of hydrogen-bond donors (Lipinski definition) is 0. The van der Waals surface area contributed by atoms with Gasteiger partial charge in [-0.1, -0.05) is 13.8 Å². The second-order valence-electron chi connectivity index (χ2n) is 5.63. The summed E-state index contributed by atoms with van der Waals surface area (Å²) in [4.78, 5) is 37.7. The Hall–Kier alpha value is -2.38. The minimum atomic E-state index is -0.688. The van der Waals surface area contributed by atoms with Gasteiger partial charge >= 0.3 is 5.88 Å². The van der Waals surface area contributed by atoms with Crippen LogP contribution in [-0.2, 0) is 4.79 Å². The fraction of sp³-hybridized carbons (Fsp3) is 0.600. The van der Waals surface area contributed by atoms with Gasteiger partial charge in [-0.3, -0.25) is 19.7 Å². The molecule has 1 aromatic heterocycles. The zero-order valence-electron chi connectivity index (χ0n) is 13.4. The molecule has 2 heterocycles. The highest BCUT2D eigenvalue weighted by Gasteiger charge is 2.39. The molecule has 0 atom stereocenters. The van der Waals surface area contributed by atoms with Crippen LogP contribution >= 0.6 is 0 Å².